The molecule has 1 saturated carbocycles. The van der Waals surface area contributed by atoms with Crippen molar-refractivity contribution < 1.29 is 4.79 Å². The van der Waals surface area contributed by atoms with Gasteiger partial charge in [0.1, 0.15) is 5.82 Å². The van der Waals surface area contributed by atoms with Crippen LogP contribution in [0.25, 0.3) is 0 Å². The molecule has 1 heterocycles. The molecule has 0 atom stereocenters. The Morgan fingerprint density at radius 1 is 1.25 bits per heavy atom. The lowest BCUT2D eigenvalue weighted by atomic mass is 9.90. The molecule has 1 amide bonds. The van der Waals surface area contributed by atoms with Crippen LogP contribution >= 0.6 is 0 Å². The van der Waals surface area contributed by atoms with Crippen LogP contribution in [-0.4, -0.2) is 16.1 Å². The zero-order valence-electron chi connectivity index (χ0n) is 9.54. The van der Waals surface area contributed by atoms with Gasteiger partial charge in [-0.2, -0.15) is 5.10 Å². The minimum Gasteiger partial charge on any atom is -0.311 e. The number of rotatable bonds is 2. The van der Waals surface area contributed by atoms with Crippen LogP contribution in [0, 0.1) is 5.92 Å². The van der Waals surface area contributed by atoms with E-state index in [1.165, 1.54) is 32.1 Å². The van der Waals surface area contributed by atoms with Crippen molar-refractivity contribution >= 4 is 11.7 Å². The molecule has 1 aromatic heterocycles. The molecule has 1 aliphatic carbocycles. The van der Waals surface area contributed by atoms with Gasteiger partial charge in [0.15, 0.2) is 0 Å². The Morgan fingerprint density at radius 3 is 2.56 bits per heavy atom. The molecule has 0 unspecified atom stereocenters. The highest BCUT2D eigenvalue weighted by Crippen LogP contribution is 2.23. The van der Waals surface area contributed by atoms with Crippen molar-refractivity contribution in [3.05, 3.63) is 12.3 Å². The van der Waals surface area contributed by atoms with Crippen molar-refractivity contribution in [3.63, 3.8) is 0 Å². The number of hydrogen-bond donors (Lipinski definition) is 2. The number of hydrogen-bond acceptors (Lipinski definition) is 2. The van der Waals surface area contributed by atoms with E-state index in [-0.39, 0.29) is 11.8 Å². The van der Waals surface area contributed by atoms with Crippen molar-refractivity contribution in [1.82, 2.24) is 10.2 Å². The zero-order valence-corrected chi connectivity index (χ0v) is 9.54. The van der Waals surface area contributed by atoms with Crippen LogP contribution in [0.15, 0.2) is 12.3 Å². The first-order valence-corrected chi connectivity index (χ1v) is 6.16. The zero-order chi connectivity index (χ0) is 11.2. The van der Waals surface area contributed by atoms with Gasteiger partial charge in [-0.15, -0.1) is 0 Å². The van der Waals surface area contributed by atoms with Crippen molar-refractivity contribution in [2.45, 2.75) is 44.9 Å². The van der Waals surface area contributed by atoms with E-state index < -0.39 is 0 Å². The third-order valence-corrected chi connectivity index (χ3v) is 3.23. The molecular weight excluding hydrogens is 202 g/mol. The molecule has 4 nitrogen and oxygen atoms in total. The Labute approximate surface area is 95.8 Å². The van der Waals surface area contributed by atoms with Gasteiger partial charge in [-0.1, -0.05) is 32.1 Å². The first-order valence-electron chi connectivity index (χ1n) is 6.16. The van der Waals surface area contributed by atoms with Gasteiger partial charge >= 0.3 is 0 Å². The minimum absolute atomic E-state index is 0.145. The topological polar surface area (TPSA) is 57.8 Å². The lowest BCUT2D eigenvalue weighted by molar-refractivity contribution is -0.120. The average Bonchev–Trinajstić information content (AvgIpc) is 2.69. The number of carbonyl (C=O) groups excluding carboxylic acids is 1. The Morgan fingerprint density at radius 2 is 1.94 bits per heavy atom. The number of aromatic amines is 1. The molecule has 88 valence electrons. The van der Waals surface area contributed by atoms with Gasteiger partial charge in [-0.25, -0.2) is 0 Å². The molecule has 0 aromatic carbocycles. The maximum atomic E-state index is 12.0. The predicted octanol–water partition coefficient (Wildman–Crippen LogP) is 2.71. The number of aromatic nitrogens is 2. The van der Waals surface area contributed by atoms with Crippen molar-refractivity contribution in [2.75, 3.05) is 5.32 Å². The molecule has 2 N–H and O–H groups in total. The monoisotopic (exact) mass is 221 g/mol. The van der Waals surface area contributed by atoms with Gasteiger partial charge in [-0.3, -0.25) is 9.89 Å². The second-order valence-electron chi connectivity index (χ2n) is 4.50. The maximum Gasteiger partial charge on any atom is 0.228 e. The maximum absolute atomic E-state index is 12.0. The summed E-state index contributed by atoms with van der Waals surface area (Å²) in [6.45, 7) is 0. The fraction of sp³-hybridized carbons (Fsp3) is 0.667. The Balaban J connectivity index is 1.87. The lowest BCUT2D eigenvalue weighted by Gasteiger charge is -2.18. The average molecular weight is 221 g/mol. The van der Waals surface area contributed by atoms with E-state index in [1.807, 2.05) is 0 Å². The van der Waals surface area contributed by atoms with Crippen LogP contribution in [0.2, 0.25) is 0 Å². The van der Waals surface area contributed by atoms with Gasteiger partial charge < -0.3 is 5.32 Å². The third kappa shape index (κ3) is 3.08. The molecule has 1 aromatic rings. The van der Waals surface area contributed by atoms with E-state index in [4.69, 9.17) is 0 Å². The molecule has 0 radical (unpaired) electrons. The van der Waals surface area contributed by atoms with E-state index in [0.717, 1.165) is 12.8 Å². The summed E-state index contributed by atoms with van der Waals surface area (Å²) in [5.74, 6) is 1.03. The summed E-state index contributed by atoms with van der Waals surface area (Å²) in [6, 6.07) is 1.78. The first kappa shape index (κ1) is 11.2. The fourth-order valence-corrected chi connectivity index (χ4v) is 2.28. The van der Waals surface area contributed by atoms with E-state index in [0.29, 0.717) is 5.82 Å². The summed E-state index contributed by atoms with van der Waals surface area (Å²) in [5, 5.41) is 9.45. The largest absolute Gasteiger partial charge is 0.311 e. The second kappa shape index (κ2) is 5.68. The molecule has 4 heteroatoms. The van der Waals surface area contributed by atoms with Gasteiger partial charge in [0.05, 0.1) is 6.20 Å². The van der Waals surface area contributed by atoms with Crippen LogP contribution < -0.4 is 5.32 Å². The molecule has 1 fully saturated rings. The molecular formula is C12H19N3O. The van der Waals surface area contributed by atoms with Crippen molar-refractivity contribution in [1.29, 1.82) is 0 Å². The summed E-state index contributed by atoms with van der Waals surface area (Å²) < 4.78 is 0. The molecule has 16 heavy (non-hydrogen) atoms. The molecule has 1 aliphatic rings. The number of anilines is 1. The van der Waals surface area contributed by atoms with E-state index in [2.05, 4.69) is 15.5 Å². The number of nitrogens with zero attached hydrogens (tertiary/aromatic N) is 1. The molecule has 0 bridgehead atoms. The first-order chi connectivity index (χ1) is 7.86. The third-order valence-electron chi connectivity index (χ3n) is 3.23. The van der Waals surface area contributed by atoms with Gasteiger partial charge in [0.2, 0.25) is 5.91 Å². The normalized spacial score (nSPS) is 18.8. The highest BCUT2D eigenvalue weighted by atomic mass is 16.1. The summed E-state index contributed by atoms with van der Waals surface area (Å²) in [7, 11) is 0. The summed E-state index contributed by atoms with van der Waals surface area (Å²) in [4.78, 5) is 12.0. The van der Waals surface area contributed by atoms with Crippen LogP contribution in [0.4, 0.5) is 5.82 Å². The SMILES string of the molecule is O=C(Nc1ccn[nH]1)C1CCCCCCC1. The van der Waals surface area contributed by atoms with Crippen molar-refractivity contribution in [3.8, 4) is 0 Å². The van der Waals surface area contributed by atoms with Crippen molar-refractivity contribution in [2.24, 2.45) is 5.92 Å². The number of nitrogens with one attached hydrogen (secondary N) is 2. The van der Waals surface area contributed by atoms with Crippen LogP contribution in [0.1, 0.15) is 44.9 Å². The number of H-pyrrole nitrogens is 1. The molecule has 2 rings (SSSR count). The minimum atomic E-state index is 0.145. The quantitative estimate of drug-likeness (QED) is 0.806. The summed E-state index contributed by atoms with van der Waals surface area (Å²) in [6.07, 6.45) is 9.94. The number of carbonyl (C=O) groups is 1. The summed E-state index contributed by atoms with van der Waals surface area (Å²) in [5.41, 5.74) is 0. The Hall–Kier alpha value is -1.32. The Bertz CT molecular complexity index is 313. The molecule has 0 aliphatic heterocycles. The van der Waals surface area contributed by atoms with Gasteiger partial charge in [-0.05, 0) is 12.8 Å². The van der Waals surface area contributed by atoms with E-state index >= 15 is 0 Å². The summed E-state index contributed by atoms with van der Waals surface area (Å²) >= 11 is 0. The highest BCUT2D eigenvalue weighted by Gasteiger charge is 2.19. The molecule has 0 saturated heterocycles. The van der Waals surface area contributed by atoms with E-state index in [9.17, 15) is 4.79 Å². The lowest BCUT2D eigenvalue weighted by Crippen LogP contribution is -2.23. The highest BCUT2D eigenvalue weighted by molar-refractivity contribution is 5.91. The van der Waals surface area contributed by atoms with E-state index in [1.54, 1.807) is 12.3 Å². The standard InChI is InChI=1S/C12H19N3O/c16-12(14-11-8-9-13-15-11)10-6-4-2-1-3-5-7-10/h8-10H,1-7H2,(H2,13,14,15,16). The van der Waals surface area contributed by atoms with Crippen LogP contribution in [-0.2, 0) is 4.79 Å². The Kier molecular flexibility index (Phi) is 3.97. The van der Waals surface area contributed by atoms with Gasteiger partial charge in [0.25, 0.3) is 0 Å². The van der Waals surface area contributed by atoms with Crippen LogP contribution in [0.5, 0.6) is 0 Å². The predicted molar refractivity (Wildman–Crippen MR) is 63.0 cm³/mol. The fourth-order valence-electron chi connectivity index (χ4n) is 2.28. The second-order valence-corrected chi connectivity index (χ2v) is 4.50. The van der Waals surface area contributed by atoms with Crippen LogP contribution in [0.3, 0.4) is 0 Å². The smallest absolute Gasteiger partial charge is 0.228 e. The number of amides is 1. The van der Waals surface area contributed by atoms with Gasteiger partial charge in [0, 0.05) is 12.0 Å². The molecule has 0 spiro atoms.